The number of carboxylic acids is 1. The number of carbonyl (C=O) groups excluding carboxylic acids is 1. The molecule has 0 unspecified atom stereocenters. The van der Waals surface area contributed by atoms with Gasteiger partial charge in [0, 0.05) is 11.6 Å². The van der Waals surface area contributed by atoms with E-state index in [1.807, 2.05) is 0 Å². The third kappa shape index (κ3) is 3.29. The summed E-state index contributed by atoms with van der Waals surface area (Å²) in [4.78, 5) is 22.9. The average Bonchev–Trinajstić information content (AvgIpc) is 2.40. The molecule has 0 atom stereocenters. The van der Waals surface area contributed by atoms with Crippen LogP contribution in [0.4, 0.5) is 0 Å². The number of hydrogen-bond acceptors (Lipinski definition) is 4. The molecule has 1 amide bonds. The van der Waals surface area contributed by atoms with E-state index in [0.717, 1.165) is 0 Å². The largest absolute Gasteiger partial charge is 0.493 e. The number of ether oxygens (including phenoxy) is 2. The van der Waals surface area contributed by atoms with Gasteiger partial charge in [0.25, 0.3) is 5.91 Å². The first-order valence-electron chi connectivity index (χ1n) is 6.41. The van der Waals surface area contributed by atoms with Crippen molar-refractivity contribution in [2.24, 2.45) is 5.92 Å². The molecule has 7 heteroatoms. The fourth-order valence-corrected chi connectivity index (χ4v) is 2.86. The zero-order valence-electron chi connectivity index (χ0n) is 11.7. The van der Waals surface area contributed by atoms with Crippen LogP contribution in [0.2, 0.25) is 0 Å². The van der Waals surface area contributed by atoms with Gasteiger partial charge in [-0.1, -0.05) is 0 Å². The van der Waals surface area contributed by atoms with E-state index in [2.05, 4.69) is 21.2 Å². The molecule has 1 aliphatic carbocycles. The number of amides is 1. The highest BCUT2D eigenvalue weighted by Gasteiger charge is 2.35. The van der Waals surface area contributed by atoms with Crippen LogP contribution in [0.1, 0.15) is 23.2 Å². The van der Waals surface area contributed by atoms with Crippen LogP contribution in [0, 0.1) is 5.92 Å². The van der Waals surface area contributed by atoms with E-state index in [-0.39, 0.29) is 17.9 Å². The molecule has 1 aliphatic rings. The van der Waals surface area contributed by atoms with Crippen LogP contribution in [0.15, 0.2) is 16.6 Å². The van der Waals surface area contributed by atoms with Crippen molar-refractivity contribution in [2.45, 2.75) is 18.9 Å². The molecule has 114 valence electrons. The van der Waals surface area contributed by atoms with Crippen molar-refractivity contribution in [3.8, 4) is 11.5 Å². The molecular weight excluding hydrogens is 342 g/mol. The van der Waals surface area contributed by atoms with E-state index in [1.165, 1.54) is 14.2 Å². The molecule has 2 N–H and O–H groups in total. The first-order valence-corrected chi connectivity index (χ1v) is 7.20. The van der Waals surface area contributed by atoms with Crippen LogP contribution in [0.3, 0.4) is 0 Å². The number of hydrogen-bond donors (Lipinski definition) is 2. The van der Waals surface area contributed by atoms with E-state index >= 15 is 0 Å². The van der Waals surface area contributed by atoms with Gasteiger partial charge in [0.2, 0.25) is 0 Å². The Bertz CT molecular complexity index is 569. The van der Waals surface area contributed by atoms with Gasteiger partial charge >= 0.3 is 5.97 Å². The van der Waals surface area contributed by atoms with E-state index in [1.54, 1.807) is 12.1 Å². The van der Waals surface area contributed by atoms with Gasteiger partial charge in [-0.25, -0.2) is 0 Å². The molecule has 1 aromatic carbocycles. The lowest BCUT2D eigenvalue weighted by Crippen LogP contribution is -2.46. The molecule has 6 nitrogen and oxygen atoms in total. The van der Waals surface area contributed by atoms with Crippen LogP contribution in [-0.4, -0.2) is 37.2 Å². The van der Waals surface area contributed by atoms with Crippen molar-refractivity contribution in [1.29, 1.82) is 0 Å². The Morgan fingerprint density at radius 3 is 2.48 bits per heavy atom. The number of aliphatic carboxylic acids is 1. The number of methoxy groups -OCH3 is 2. The predicted molar refractivity (Wildman–Crippen MR) is 78.9 cm³/mol. The first-order chi connectivity index (χ1) is 9.96. The molecule has 0 saturated heterocycles. The molecule has 0 heterocycles. The van der Waals surface area contributed by atoms with Crippen LogP contribution in [0.25, 0.3) is 0 Å². The molecule has 0 aliphatic heterocycles. The zero-order chi connectivity index (χ0) is 15.6. The lowest BCUT2D eigenvalue weighted by Gasteiger charge is -2.32. The quantitative estimate of drug-likeness (QED) is 0.842. The van der Waals surface area contributed by atoms with Gasteiger partial charge in [0.1, 0.15) is 0 Å². The van der Waals surface area contributed by atoms with E-state index in [9.17, 15) is 9.59 Å². The first kappa shape index (κ1) is 15.6. The maximum atomic E-state index is 12.2. The lowest BCUT2D eigenvalue weighted by atomic mass is 9.80. The zero-order valence-corrected chi connectivity index (χ0v) is 13.3. The monoisotopic (exact) mass is 357 g/mol. The minimum Gasteiger partial charge on any atom is -0.493 e. The Balaban J connectivity index is 2.07. The van der Waals surface area contributed by atoms with Crippen LogP contribution >= 0.6 is 15.9 Å². The summed E-state index contributed by atoms with van der Waals surface area (Å²) < 4.78 is 11.0. The molecule has 1 saturated carbocycles. The van der Waals surface area contributed by atoms with Crippen LogP contribution in [0.5, 0.6) is 11.5 Å². The highest BCUT2D eigenvalue weighted by molar-refractivity contribution is 9.10. The fourth-order valence-electron chi connectivity index (χ4n) is 2.26. The van der Waals surface area contributed by atoms with Crippen LogP contribution in [-0.2, 0) is 4.79 Å². The van der Waals surface area contributed by atoms with Gasteiger partial charge in [-0.05, 0) is 40.9 Å². The minimum absolute atomic E-state index is 0.0922. The summed E-state index contributed by atoms with van der Waals surface area (Å²) in [5, 5.41) is 11.6. The molecule has 21 heavy (non-hydrogen) atoms. The molecule has 2 rings (SSSR count). The second-order valence-corrected chi connectivity index (χ2v) is 5.72. The fraction of sp³-hybridized carbons (Fsp3) is 0.429. The van der Waals surface area contributed by atoms with Crippen molar-refractivity contribution in [1.82, 2.24) is 5.32 Å². The minimum atomic E-state index is -0.811. The van der Waals surface area contributed by atoms with Crippen molar-refractivity contribution < 1.29 is 24.2 Å². The summed E-state index contributed by atoms with van der Waals surface area (Å²) >= 11 is 3.33. The number of carbonyl (C=O) groups is 2. The molecule has 0 spiro atoms. The molecule has 0 bridgehead atoms. The Kier molecular flexibility index (Phi) is 4.72. The van der Waals surface area contributed by atoms with Gasteiger partial charge in [-0.15, -0.1) is 0 Å². The third-order valence-corrected chi connectivity index (χ3v) is 4.11. The predicted octanol–water partition coefficient (Wildman–Crippen LogP) is 2.06. The van der Waals surface area contributed by atoms with Crippen molar-refractivity contribution in [3.63, 3.8) is 0 Å². The normalized spacial score (nSPS) is 20.3. The topological polar surface area (TPSA) is 84.9 Å². The number of rotatable bonds is 5. The van der Waals surface area contributed by atoms with Crippen molar-refractivity contribution >= 4 is 27.8 Å². The number of nitrogens with one attached hydrogen (secondary N) is 1. The van der Waals surface area contributed by atoms with Gasteiger partial charge in [0.15, 0.2) is 11.5 Å². The standard InChI is InChI=1S/C14H16BrNO5/c1-20-11-6-7(5-10(15)12(11)21-2)13(17)16-9-3-8(4-9)14(18)19/h5-6,8-9H,3-4H2,1-2H3,(H,16,17)(H,18,19). The number of benzene rings is 1. The number of halogens is 1. The highest BCUT2D eigenvalue weighted by Crippen LogP contribution is 2.36. The summed E-state index contributed by atoms with van der Waals surface area (Å²) in [7, 11) is 3.01. The van der Waals surface area contributed by atoms with E-state index in [4.69, 9.17) is 14.6 Å². The Morgan fingerprint density at radius 2 is 1.95 bits per heavy atom. The van der Waals surface area contributed by atoms with Crippen LogP contribution < -0.4 is 14.8 Å². The third-order valence-electron chi connectivity index (χ3n) is 3.52. The smallest absolute Gasteiger partial charge is 0.306 e. The Labute approximate surface area is 130 Å². The summed E-state index contributed by atoms with van der Waals surface area (Å²) in [5.41, 5.74) is 0.429. The summed E-state index contributed by atoms with van der Waals surface area (Å²) in [5.74, 6) is -0.454. The summed E-state index contributed by atoms with van der Waals surface area (Å²) in [6.07, 6.45) is 0.936. The van der Waals surface area contributed by atoms with Crippen molar-refractivity contribution in [3.05, 3.63) is 22.2 Å². The maximum absolute atomic E-state index is 12.2. The molecule has 1 aromatic rings. The maximum Gasteiger partial charge on any atom is 0.306 e. The molecular formula is C14H16BrNO5. The molecule has 0 radical (unpaired) electrons. The number of carboxylic acid groups (broad SMARTS) is 1. The summed E-state index contributed by atoms with van der Waals surface area (Å²) in [6.45, 7) is 0. The summed E-state index contributed by atoms with van der Waals surface area (Å²) in [6, 6.07) is 3.14. The second-order valence-electron chi connectivity index (χ2n) is 4.87. The SMILES string of the molecule is COc1cc(C(=O)NC2CC(C(=O)O)C2)cc(Br)c1OC. The van der Waals surface area contributed by atoms with Gasteiger partial charge in [0.05, 0.1) is 24.6 Å². The molecule has 0 aromatic heterocycles. The van der Waals surface area contributed by atoms with Gasteiger partial charge in [-0.3, -0.25) is 9.59 Å². The average molecular weight is 358 g/mol. The van der Waals surface area contributed by atoms with Gasteiger partial charge < -0.3 is 19.9 Å². The Morgan fingerprint density at radius 1 is 1.29 bits per heavy atom. The van der Waals surface area contributed by atoms with Crippen molar-refractivity contribution in [2.75, 3.05) is 14.2 Å². The highest BCUT2D eigenvalue weighted by atomic mass is 79.9. The van der Waals surface area contributed by atoms with E-state index in [0.29, 0.717) is 34.4 Å². The second kappa shape index (κ2) is 6.34. The Hall–Kier alpha value is -1.76. The molecule has 1 fully saturated rings. The van der Waals surface area contributed by atoms with Gasteiger partial charge in [-0.2, -0.15) is 0 Å². The lowest BCUT2D eigenvalue weighted by molar-refractivity contribution is -0.145. The van der Waals surface area contributed by atoms with E-state index < -0.39 is 5.97 Å².